The zero-order valence-electron chi connectivity index (χ0n) is 35.1. The summed E-state index contributed by atoms with van der Waals surface area (Å²) in [6.07, 6.45) is 0. The Kier molecular flexibility index (Phi) is 12.4. The molecule has 0 unspecified atom stereocenters. The quantitative estimate of drug-likeness (QED) is 0.181. The van der Waals surface area contributed by atoms with Crippen LogP contribution in [0.5, 0.6) is 0 Å². The fourth-order valence-corrected chi connectivity index (χ4v) is 9.00. The van der Waals surface area contributed by atoms with Crippen LogP contribution in [-0.2, 0) is 0 Å². The van der Waals surface area contributed by atoms with Crippen molar-refractivity contribution < 1.29 is 0 Å². The van der Waals surface area contributed by atoms with E-state index in [-0.39, 0.29) is 0 Å². The minimum absolute atomic E-state index is 0.534. The average molecular weight is 701 g/mol. The zero-order chi connectivity index (χ0) is 38.0. The summed E-state index contributed by atoms with van der Waals surface area (Å²) in [5.74, 6) is 2.14. The van der Waals surface area contributed by atoms with Gasteiger partial charge in [-0.1, -0.05) is 127 Å². The maximum Gasteiger partial charge on any atom is 0.0904 e. The van der Waals surface area contributed by atoms with Gasteiger partial charge in [-0.25, -0.2) is 0 Å². The molecule has 280 valence electrons. The van der Waals surface area contributed by atoms with Crippen LogP contribution in [0.2, 0.25) is 0 Å². The second-order valence-corrected chi connectivity index (χ2v) is 17.0. The van der Waals surface area contributed by atoms with E-state index in [1.807, 2.05) is 0 Å². The third kappa shape index (κ3) is 8.32. The van der Waals surface area contributed by atoms with Crippen molar-refractivity contribution in [2.75, 3.05) is 59.1 Å². The molecule has 2 aliphatic heterocycles. The summed E-state index contributed by atoms with van der Waals surface area (Å²) in [5.41, 5.74) is 20.0. The van der Waals surface area contributed by atoms with Crippen LogP contribution in [0.15, 0.2) is 60.7 Å². The predicted octanol–water partition coefficient (Wildman–Crippen LogP) is 12.3. The van der Waals surface area contributed by atoms with Gasteiger partial charge in [0.05, 0.1) is 13.3 Å². The van der Waals surface area contributed by atoms with Crippen molar-refractivity contribution >= 4 is 22.7 Å². The van der Waals surface area contributed by atoms with Gasteiger partial charge in [0.25, 0.3) is 0 Å². The van der Waals surface area contributed by atoms with E-state index in [9.17, 15) is 0 Å². The molecule has 2 saturated heterocycles. The third-order valence-corrected chi connectivity index (χ3v) is 11.2. The summed E-state index contributed by atoms with van der Waals surface area (Å²) in [7, 11) is 0. The Morgan fingerprint density at radius 1 is 0.365 bits per heavy atom. The van der Waals surface area contributed by atoms with Gasteiger partial charge in [-0.05, 0) is 110 Å². The summed E-state index contributed by atoms with van der Waals surface area (Å²) in [6.45, 7) is 38.2. The summed E-state index contributed by atoms with van der Waals surface area (Å²) in [5, 5.41) is 0. The molecule has 2 fully saturated rings. The van der Waals surface area contributed by atoms with Gasteiger partial charge < -0.3 is 19.6 Å². The molecule has 0 N–H and O–H groups in total. The highest BCUT2D eigenvalue weighted by Gasteiger charge is 2.29. The van der Waals surface area contributed by atoms with E-state index >= 15 is 0 Å². The Labute approximate surface area is 317 Å². The van der Waals surface area contributed by atoms with Crippen LogP contribution in [0.1, 0.15) is 135 Å². The molecule has 4 aromatic rings. The highest BCUT2D eigenvalue weighted by Crippen LogP contribution is 2.41. The van der Waals surface area contributed by atoms with Gasteiger partial charge in [-0.2, -0.15) is 0 Å². The van der Waals surface area contributed by atoms with Gasteiger partial charge in [-0.15, -0.1) is 0 Å². The Morgan fingerprint density at radius 3 is 0.827 bits per heavy atom. The van der Waals surface area contributed by atoms with Gasteiger partial charge in [-0.3, -0.25) is 0 Å². The van der Waals surface area contributed by atoms with Crippen LogP contribution in [-0.4, -0.2) is 39.5 Å². The molecule has 0 spiro atoms. The van der Waals surface area contributed by atoms with Crippen molar-refractivity contribution in [1.29, 1.82) is 0 Å². The standard InChI is InChI=1S/C27H40N2.C21H28N2/c1-18(2)22-11-9-12-23(19(3)4)26(22)28-15-16-29(17-28)27-24(20(5)6)13-10-14-25(27)21(7)8;1-14-9-16(3)20(17(4)10-14)22-7-8-23(13-22)21-18(5)11-15(2)12-19(21)6/h9-14,18-21H,15-17H2,1-8H3;9-12H,7-8,13H2,1-6H3. The first-order chi connectivity index (χ1) is 24.6. The second kappa shape index (κ2) is 16.4. The molecule has 0 bridgehead atoms. The predicted molar refractivity (Wildman–Crippen MR) is 230 cm³/mol. The number of nitrogens with zero attached hydrogens (tertiary/aromatic N) is 4. The molecule has 0 atom stereocenters. The molecular weight excluding hydrogens is 633 g/mol. The number of aryl methyl sites for hydroxylation is 6. The smallest absolute Gasteiger partial charge is 0.0904 e. The van der Waals surface area contributed by atoms with Crippen molar-refractivity contribution in [3.63, 3.8) is 0 Å². The van der Waals surface area contributed by atoms with Crippen LogP contribution >= 0.6 is 0 Å². The summed E-state index contributed by atoms with van der Waals surface area (Å²) < 4.78 is 0. The largest absolute Gasteiger partial charge is 0.352 e. The molecule has 0 aliphatic carbocycles. The van der Waals surface area contributed by atoms with Gasteiger partial charge in [0.15, 0.2) is 0 Å². The third-order valence-electron chi connectivity index (χ3n) is 11.2. The lowest BCUT2D eigenvalue weighted by Crippen LogP contribution is -2.28. The van der Waals surface area contributed by atoms with Crippen LogP contribution < -0.4 is 19.6 Å². The molecule has 2 heterocycles. The van der Waals surface area contributed by atoms with Crippen LogP contribution in [0.25, 0.3) is 0 Å². The molecule has 2 aliphatic rings. The van der Waals surface area contributed by atoms with Gasteiger partial charge >= 0.3 is 0 Å². The minimum atomic E-state index is 0.534. The molecular formula is C48H68N4. The molecule has 52 heavy (non-hydrogen) atoms. The van der Waals surface area contributed by atoms with E-state index < -0.39 is 0 Å². The highest BCUT2D eigenvalue weighted by atomic mass is 15.4. The topological polar surface area (TPSA) is 13.0 Å². The lowest BCUT2D eigenvalue weighted by molar-refractivity contribution is 0.797. The number of anilines is 4. The van der Waals surface area contributed by atoms with Gasteiger partial charge in [0.2, 0.25) is 0 Å². The Bertz CT molecular complexity index is 1620. The first-order valence-corrected chi connectivity index (χ1v) is 20.0. The van der Waals surface area contributed by atoms with Gasteiger partial charge in [0, 0.05) is 48.9 Å². The average Bonchev–Trinajstić information content (AvgIpc) is 3.74. The lowest BCUT2D eigenvalue weighted by atomic mass is 9.92. The molecule has 4 nitrogen and oxygen atoms in total. The minimum Gasteiger partial charge on any atom is -0.352 e. The first-order valence-electron chi connectivity index (χ1n) is 20.0. The van der Waals surface area contributed by atoms with Gasteiger partial charge in [0.1, 0.15) is 0 Å². The van der Waals surface area contributed by atoms with Crippen molar-refractivity contribution in [1.82, 2.24) is 0 Å². The molecule has 0 saturated carbocycles. The zero-order valence-corrected chi connectivity index (χ0v) is 35.1. The first kappa shape index (κ1) is 39.3. The van der Waals surface area contributed by atoms with Crippen molar-refractivity contribution in [3.8, 4) is 0 Å². The van der Waals surface area contributed by atoms with Crippen molar-refractivity contribution in [2.45, 2.75) is 121 Å². The van der Waals surface area contributed by atoms with E-state index in [1.165, 1.54) is 78.4 Å². The van der Waals surface area contributed by atoms with Crippen LogP contribution in [0, 0.1) is 41.5 Å². The molecule has 4 aromatic carbocycles. The van der Waals surface area contributed by atoms with Crippen LogP contribution in [0.3, 0.4) is 0 Å². The number of hydrogen-bond donors (Lipinski definition) is 0. The fraction of sp³-hybridized carbons (Fsp3) is 0.500. The Morgan fingerprint density at radius 2 is 0.596 bits per heavy atom. The lowest BCUT2D eigenvalue weighted by Gasteiger charge is -2.31. The molecule has 0 amide bonds. The summed E-state index contributed by atoms with van der Waals surface area (Å²) in [4.78, 5) is 10.3. The second-order valence-electron chi connectivity index (χ2n) is 17.0. The SMILES string of the molecule is CC(C)c1cccc(C(C)C)c1N1CCN(c2c(C(C)C)cccc2C(C)C)C1.Cc1cc(C)c(N2CCN(c3c(C)cc(C)cc3C)C2)c(C)c1. The van der Waals surface area contributed by atoms with E-state index in [1.54, 1.807) is 0 Å². The molecule has 4 heteroatoms. The summed E-state index contributed by atoms with van der Waals surface area (Å²) >= 11 is 0. The number of benzene rings is 4. The van der Waals surface area contributed by atoms with Crippen molar-refractivity contribution in [2.24, 2.45) is 0 Å². The fourth-order valence-electron chi connectivity index (χ4n) is 9.00. The normalized spacial score (nSPS) is 14.8. The maximum atomic E-state index is 2.63. The Hall–Kier alpha value is -3.92. The molecule has 0 radical (unpaired) electrons. The van der Waals surface area contributed by atoms with E-state index in [2.05, 4.69) is 177 Å². The Balaban J connectivity index is 0.000000206. The number of para-hydroxylation sites is 2. The molecule has 0 aromatic heterocycles. The number of hydrogen-bond acceptors (Lipinski definition) is 4. The van der Waals surface area contributed by atoms with E-state index in [0.29, 0.717) is 23.7 Å². The molecule has 6 rings (SSSR count). The number of rotatable bonds is 8. The maximum absolute atomic E-state index is 2.63. The monoisotopic (exact) mass is 701 g/mol. The van der Waals surface area contributed by atoms with E-state index in [0.717, 1.165) is 39.5 Å². The summed E-state index contributed by atoms with van der Waals surface area (Å²) in [6, 6.07) is 23.0. The van der Waals surface area contributed by atoms with Crippen LogP contribution in [0.4, 0.5) is 22.7 Å². The van der Waals surface area contributed by atoms with E-state index in [4.69, 9.17) is 0 Å². The van der Waals surface area contributed by atoms with Crippen molar-refractivity contribution in [3.05, 3.63) is 116 Å². The highest BCUT2D eigenvalue weighted by molar-refractivity contribution is 5.69.